The average molecular weight is 220 g/mol. The van der Waals surface area contributed by atoms with Crippen molar-refractivity contribution in [2.24, 2.45) is 11.7 Å². The Morgan fingerprint density at radius 1 is 1.38 bits per heavy atom. The average Bonchev–Trinajstić information content (AvgIpc) is 2.16. The molecule has 2 N–H and O–H groups in total. The number of pyridine rings is 1. The summed E-state index contributed by atoms with van der Waals surface area (Å²) < 4.78 is 0. The van der Waals surface area contributed by atoms with Crippen LogP contribution in [-0.4, -0.2) is 10.9 Å². The van der Waals surface area contributed by atoms with Crippen LogP contribution in [0, 0.1) is 5.92 Å². The fraction of sp³-hybridized carbons (Fsp3) is 0.538. The normalized spacial score (nSPS) is 11.1. The van der Waals surface area contributed by atoms with E-state index in [-0.39, 0.29) is 11.8 Å². The highest BCUT2D eigenvalue weighted by Crippen LogP contribution is 2.19. The summed E-state index contributed by atoms with van der Waals surface area (Å²) in [6.07, 6.45) is 2.77. The third-order valence-corrected chi connectivity index (χ3v) is 2.43. The largest absolute Gasteiger partial charge is 0.366 e. The molecular weight excluding hydrogens is 200 g/mol. The maximum atomic E-state index is 11.3. The predicted octanol–water partition coefficient (Wildman–Crippen LogP) is 2.50. The summed E-state index contributed by atoms with van der Waals surface area (Å²) >= 11 is 0. The summed E-state index contributed by atoms with van der Waals surface area (Å²) in [5.41, 5.74) is 7.80. The third kappa shape index (κ3) is 3.05. The summed E-state index contributed by atoms with van der Waals surface area (Å²) in [4.78, 5) is 15.7. The number of amides is 1. The van der Waals surface area contributed by atoms with Crippen molar-refractivity contribution in [3.05, 3.63) is 29.1 Å². The van der Waals surface area contributed by atoms with Gasteiger partial charge in [-0.1, -0.05) is 27.7 Å². The highest BCUT2D eigenvalue weighted by Gasteiger charge is 2.13. The molecule has 0 bridgehead atoms. The molecule has 0 aliphatic carbocycles. The SMILES string of the molecule is CC(C)Cc1cnc(C(C)C)c(C(N)=O)c1. The van der Waals surface area contributed by atoms with Crippen molar-refractivity contribution < 1.29 is 4.79 Å². The highest BCUT2D eigenvalue weighted by molar-refractivity contribution is 5.94. The van der Waals surface area contributed by atoms with Gasteiger partial charge in [0.05, 0.1) is 11.3 Å². The number of aromatic nitrogens is 1. The molecule has 88 valence electrons. The van der Waals surface area contributed by atoms with Crippen LogP contribution in [0.1, 0.15) is 55.2 Å². The summed E-state index contributed by atoms with van der Waals surface area (Å²) in [6, 6.07) is 1.88. The van der Waals surface area contributed by atoms with Crippen LogP contribution >= 0.6 is 0 Å². The van der Waals surface area contributed by atoms with E-state index in [0.29, 0.717) is 11.5 Å². The van der Waals surface area contributed by atoms with Crippen LogP contribution in [0.4, 0.5) is 0 Å². The number of primary amides is 1. The van der Waals surface area contributed by atoms with Crippen molar-refractivity contribution in [3.8, 4) is 0 Å². The standard InChI is InChI=1S/C13H20N2O/c1-8(2)5-10-6-11(13(14)16)12(9(3)4)15-7-10/h6-9H,5H2,1-4H3,(H2,14,16). The lowest BCUT2D eigenvalue weighted by Crippen LogP contribution is -2.16. The van der Waals surface area contributed by atoms with Gasteiger partial charge in [-0.05, 0) is 29.9 Å². The Labute approximate surface area is 97.1 Å². The zero-order chi connectivity index (χ0) is 12.3. The van der Waals surface area contributed by atoms with Crippen LogP contribution in [-0.2, 0) is 6.42 Å². The van der Waals surface area contributed by atoms with Crippen molar-refractivity contribution in [2.75, 3.05) is 0 Å². The van der Waals surface area contributed by atoms with Gasteiger partial charge >= 0.3 is 0 Å². The summed E-state index contributed by atoms with van der Waals surface area (Å²) in [5.74, 6) is 0.379. The first-order chi connectivity index (χ1) is 7.41. The summed E-state index contributed by atoms with van der Waals surface area (Å²) in [7, 11) is 0. The van der Waals surface area contributed by atoms with Crippen LogP contribution < -0.4 is 5.73 Å². The molecule has 1 aromatic heterocycles. The molecule has 1 heterocycles. The molecule has 0 fully saturated rings. The van der Waals surface area contributed by atoms with Crippen molar-refractivity contribution in [2.45, 2.75) is 40.0 Å². The van der Waals surface area contributed by atoms with Crippen LogP contribution in [0.15, 0.2) is 12.3 Å². The summed E-state index contributed by atoms with van der Waals surface area (Å²) in [5, 5.41) is 0. The molecule has 0 radical (unpaired) electrons. The second-order valence-electron chi connectivity index (χ2n) is 4.89. The van der Waals surface area contributed by atoms with Crippen molar-refractivity contribution in [1.29, 1.82) is 0 Å². The molecular formula is C13H20N2O. The topological polar surface area (TPSA) is 56.0 Å². The van der Waals surface area contributed by atoms with E-state index in [4.69, 9.17) is 5.73 Å². The molecule has 0 aliphatic rings. The molecule has 3 nitrogen and oxygen atoms in total. The van der Waals surface area contributed by atoms with E-state index in [1.54, 1.807) is 0 Å². The lowest BCUT2D eigenvalue weighted by atomic mass is 9.98. The smallest absolute Gasteiger partial charge is 0.250 e. The molecule has 1 aromatic rings. The van der Waals surface area contributed by atoms with Crippen molar-refractivity contribution in [3.63, 3.8) is 0 Å². The van der Waals surface area contributed by atoms with E-state index in [2.05, 4.69) is 18.8 Å². The Morgan fingerprint density at radius 3 is 2.44 bits per heavy atom. The van der Waals surface area contributed by atoms with Gasteiger partial charge in [0.15, 0.2) is 0 Å². The first-order valence-corrected chi connectivity index (χ1v) is 5.70. The zero-order valence-corrected chi connectivity index (χ0v) is 10.4. The third-order valence-electron chi connectivity index (χ3n) is 2.43. The van der Waals surface area contributed by atoms with Gasteiger partial charge in [-0.15, -0.1) is 0 Å². The van der Waals surface area contributed by atoms with Crippen LogP contribution in [0.3, 0.4) is 0 Å². The van der Waals surface area contributed by atoms with Gasteiger partial charge in [0.25, 0.3) is 5.91 Å². The highest BCUT2D eigenvalue weighted by atomic mass is 16.1. The van der Waals surface area contributed by atoms with Gasteiger partial charge in [-0.2, -0.15) is 0 Å². The molecule has 0 unspecified atom stereocenters. The molecule has 1 rings (SSSR count). The lowest BCUT2D eigenvalue weighted by Gasteiger charge is -2.12. The molecule has 0 saturated heterocycles. The number of nitrogens with zero attached hydrogens (tertiary/aromatic N) is 1. The van der Waals surface area contributed by atoms with Crippen LogP contribution in [0.2, 0.25) is 0 Å². The number of carbonyl (C=O) groups is 1. The summed E-state index contributed by atoms with van der Waals surface area (Å²) in [6.45, 7) is 8.30. The number of hydrogen-bond donors (Lipinski definition) is 1. The van der Waals surface area contributed by atoms with Gasteiger partial charge in [0.1, 0.15) is 0 Å². The fourth-order valence-electron chi connectivity index (χ4n) is 1.76. The zero-order valence-electron chi connectivity index (χ0n) is 10.4. The van der Waals surface area contributed by atoms with E-state index >= 15 is 0 Å². The Bertz CT molecular complexity index is 384. The van der Waals surface area contributed by atoms with E-state index < -0.39 is 0 Å². The Morgan fingerprint density at radius 2 is 2.00 bits per heavy atom. The van der Waals surface area contributed by atoms with Gasteiger partial charge in [-0.25, -0.2) is 0 Å². The maximum Gasteiger partial charge on any atom is 0.250 e. The Kier molecular flexibility index (Phi) is 4.05. The van der Waals surface area contributed by atoms with Gasteiger partial charge < -0.3 is 5.73 Å². The van der Waals surface area contributed by atoms with Crippen LogP contribution in [0.5, 0.6) is 0 Å². The molecule has 3 heteroatoms. The predicted molar refractivity (Wildman–Crippen MR) is 65.4 cm³/mol. The minimum absolute atomic E-state index is 0.218. The lowest BCUT2D eigenvalue weighted by molar-refractivity contribution is 0.0998. The van der Waals surface area contributed by atoms with Gasteiger partial charge in [0, 0.05) is 6.20 Å². The Hall–Kier alpha value is -1.38. The number of hydrogen-bond acceptors (Lipinski definition) is 2. The molecule has 0 spiro atoms. The molecule has 0 atom stereocenters. The van der Waals surface area contributed by atoms with Crippen LogP contribution in [0.25, 0.3) is 0 Å². The molecule has 1 amide bonds. The van der Waals surface area contributed by atoms with E-state index in [9.17, 15) is 4.79 Å². The molecule has 0 aliphatic heterocycles. The fourth-order valence-corrected chi connectivity index (χ4v) is 1.76. The molecule has 16 heavy (non-hydrogen) atoms. The maximum absolute atomic E-state index is 11.3. The van der Waals surface area contributed by atoms with Crippen molar-refractivity contribution >= 4 is 5.91 Å². The minimum Gasteiger partial charge on any atom is -0.366 e. The minimum atomic E-state index is -0.387. The van der Waals surface area contributed by atoms with E-state index in [1.165, 1.54) is 0 Å². The van der Waals surface area contributed by atoms with Gasteiger partial charge in [0.2, 0.25) is 0 Å². The number of rotatable bonds is 4. The number of nitrogens with two attached hydrogens (primary N) is 1. The first kappa shape index (κ1) is 12.7. The van der Waals surface area contributed by atoms with E-state index in [0.717, 1.165) is 17.7 Å². The second kappa shape index (κ2) is 5.10. The monoisotopic (exact) mass is 220 g/mol. The first-order valence-electron chi connectivity index (χ1n) is 5.70. The molecule has 0 saturated carbocycles. The van der Waals surface area contributed by atoms with E-state index in [1.807, 2.05) is 26.1 Å². The number of carbonyl (C=O) groups excluding carboxylic acids is 1. The van der Waals surface area contributed by atoms with Gasteiger partial charge in [-0.3, -0.25) is 9.78 Å². The second-order valence-corrected chi connectivity index (χ2v) is 4.89. The molecule has 0 aromatic carbocycles. The van der Waals surface area contributed by atoms with Crippen molar-refractivity contribution in [1.82, 2.24) is 4.98 Å². The Balaban J connectivity index is 3.12. The quantitative estimate of drug-likeness (QED) is 0.847.